The van der Waals surface area contributed by atoms with E-state index in [1.165, 1.54) is 4.90 Å². The molecule has 2 aromatic rings. The Morgan fingerprint density at radius 2 is 2.17 bits per heavy atom. The van der Waals surface area contributed by atoms with Gasteiger partial charge in [0.1, 0.15) is 11.6 Å². The summed E-state index contributed by atoms with van der Waals surface area (Å²) in [6, 6.07) is 8.15. The second kappa shape index (κ2) is 6.50. The Balaban J connectivity index is 1.80. The molecule has 0 aliphatic rings. The van der Waals surface area contributed by atoms with Gasteiger partial charge in [-0.2, -0.15) is 0 Å². The third-order valence-corrected chi connectivity index (χ3v) is 3.93. The van der Waals surface area contributed by atoms with Crippen LogP contribution in [0.4, 0.5) is 0 Å². The normalized spacial score (nSPS) is 10.6. The Morgan fingerprint density at radius 3 is 2.89 bits per heavy atom. The van der Waals surface area contributed by atoms with Crippen LogP contribution in [-0.2, 0) is 6.54 Å². The molecule has 0 fully saturated rings. The molecular formula is C14H18N2OS. The van der Waals surface area contributed by atoms with Crippen LogP contribution in [0.1, 0.15) is 12.2 Å². The number of benzene rings is 1. The second-order valence-corrected chi connectivity index (χ2v) is 5.16. The summed E-state index contributed by atoms with van der Waals surface area (Å²) < 4.78 is 7.51. The summed E-state index contributed by atoms with van der Waals surface area (Å²) in [6.07, 6.45) is 5.01. The number of aromatic nitrogens is 2. The van der Waals surface area contributed by atoms with Gasteiger partial charge in [0.15, 0.2) is 0 Å². The number of aryl methyl sites for hydroxylation is 2. The van der Waals surface area contributed by atoms with E-state index in [0.717, 1.165) is 30.3 Å². The quantitative estimate of drug-likeness (QED) is 0.590. The minimum Gasteiger partial charge on any atom is -0.496 e. The highest BCUT2D eigenvalue weighted by molar-refractivity contribution is 7.99. The van der Waals surface area contributed by atoms with Gasteiger partial charge in [0.05, 0.1) is 7.11 Å². The van der Waals surface area contributed by atoms with Crippen LogP contribution in [0.15, 0.2) is 41.6 Å². The fraction of sp³-hybridized carbons (Fsp3) is 0.357. The van der Waals surface area contributed by atoms with Crippen LogP contribution in [0.2, 0.25) is 0 Å². The van der Waals surface area contributed by atoms with Crippen molar-refractivity contribution in [2.75, 3.05) is 12.9 Å². The van der Waals surface area contributed by atoms with Crippen molar-refractivity contribution in [2.45, 2.75) is 24.8 Å². The number of nitrogens with zero attached hydrogens (tertiary/aromatic N) is 2. The summed E-state index contributed by atoms with van der Waals surface area (Å²) >= 11 is 1.84. The number of thioether (sulfide) groups is 1. The molecule has 0 atom stereocenters. The minimum atomic E-state index is 0.960. The van der Waals surface area contributed by atoms with Crippen molar-refractivity contribution in [3.63, 3.8) is 0 Å². The lowest BCUT2D eigenvalue weighted by atomic mass is 10.3. The van der Waals surface area contributed by atoms with Crippen molar-refractivity contribution in [1.29, 1.82) is 0 Å². The average Bonchev–Trinajstić information content (AvgIpc) is 2.81. The lowest BCUT2D eigenvalue weighted by Crippen LogP contribution is -2.00. The highest BCUT2D eigenvalue weighted by Crippen LogP contribution is 2.29. The van der Waals surface area contributed by atoms with Gasteiger partial charge in [0, 0.05) is 23.8 Å². The second-order valence-electron chi connectivity index (χ2n) is 4.02. The summed E-state index contributed by atoms with van der Waals surface area (Å²) in [7, 11) is 1.72. The first-order valence-corrected chi connectivity index (χ1v) is 7.03. The summed E-state index contributed by atoms with van der Waals surface area (Å²) in [5.74, 6) is 3.12. The molecule has 0 saturated carbocycles. The van der Waals surface area contributed by atoms with Crippen LogP contribution in [0, 0.1) is 6.92 Å². The summed E-state index contributed by atoms with van der Waals surface area (Å²) in [5, 5.41) is 0. The Hall–Kier alpha value is -1.42. The van der Waals surface area contributed by atoms with Crippen LogP contribution in [0.5, 0.6) is 5.75 Å². The molecule has 0 aliphatic carbocycles. The highest BCUT2D eigenvalue weighted by atomic mass is 32.2. The largest absolute Gasteiger partial charge is 0.496 e. The summed E-state index contributed by atoms with van der Waals surface area (Å²) in [6.45, 7) is 3.06. The molecule has 3 nitrogen and oxygen atoms in total. The molecule has 18 heavy (non-hydrogen) atoms. The molecule has 0 aliphatic heterocycles. The van der Waals surface area contributed by atoms with Gasteiger partial charge in [-0.15, -0.1) is 11.8 Å². The molecule has 1 aromatic heterocycles. The van der Waals surface area contributed by atoms with E-state index in [2.05, 4.69) is 15.6 Å². The summed E-state index contributed by atoms with van der Waals surface area (Å²) in [5.41, 5.74) is 0. The first-order chi connectivity index (χ1) is 8.81. The van der Waals surface area contributed by atoms with Crippen molar-refractivity contribution in [3.05, 3.63) is 42.5 Å². The van der Waals surface area contributed by atoms with Crippen LogP contribution in [-0.4, -0.2) is 22.4 Å². The molecule has 1 aromatic carbocycles. The lowest BCUT2D eigenvalue weighted by molar-refractivity contribution is 0.405. The van der Waals surface area contributed by atoms with Gasteiger partial charge in [0.25, 0.3) is 0 Å². The van der Waals surface area contributed by atoms with Crippen molar-refractivity contribution in [1.82, 2.24) is 9.55 Å². The van der Waals surface area contributed by atoms with Gasteiger partial charge < -0.3 is 9.30 Å². The number of hydrogen-bond donors (Lipinski definition) is 0. The zero-order chi connectivity index (χ0) is 12.8. The van der Waals surface area contributed by atoms with E-state index >= 15 is 0 Å². The number of ether oxygens (including phenoxy) is 1. The fourth-order valence-corrected chi connectivity index (χ4v) is 2.76. The molecule has 1 heterocycles. The third kappa shape index (κ3) is 3.29. The number of methoxy groups -OCH3 is 1. The van der Waals surface area contributed by atoms with Crippen LogP contribution < -0.4 is 4.74 Å². The Labute approximate surface area is 112 Å². The standard InChI is InChI=1S/C14H18N2OS/c1-12-15-8-10-16(12)9-5-11-18-14-7-4-3-6-13(14)17-2/h3-4,6-8,10H,5,9,11H2,1-2H3. The molecule has 4 heteroatoms. The highest BCUT2D eigenvalue weighted by Gasteiger charge is 2.02. The third-order valence-electron chi connectivity index (χ3n) is 2.79. The first-order valence-electron chi connectivity index (χ1n) is 6.05. The van der Waals surface area contributed by atoms with E-state index in [4.69, 9.17) is 4.74 Å². The van der Waals surface area contributed by atoms with Gasteiger partial charge in [0.2, 0.25) is 0 Å². The Morgan fingerprint density at radius 1 is 1.33 bits per heavy atom. The van der Waals surface area contributed by atoms with E-state index in [-0.39, 0.29) is 0 Å². The van der Waals surface area contributed by atoms with E-state index < -0.39 is 0 Å². The van der Waals surface area contributed by atoms with Gasteiger partial charge in [-0.05, 0) is 31.2 Å². The predicted octanol–water partition coefficient (Wildman–Crippen LogP) is 3.38. The molecule has 0 bridgehead atoms. The van der Waals surface area contributed by atoms with Crippen LogP contribution in [0.3, 0.4) is 0 Å². The number of para-hydroxylation sites is 1. The zero-order valence-corrected chi connectivity index (χ0v) is 11.6. The van der Waals surface area contributed by atoms with E-state index in [9.17, 15) is 0 Å². The maximum absolute atomic E-state index is 5.33. The number of imidazole rings is 1. The predicted molar refractivity (Wildman–Crippen MR) is 75.3 cm³/mol. The molecule has 0 spiro atoms. The first kappa shape index (κ1) is 13.0. The minimum absolute atomic E-state index is 0.960. The van der Waals surface area contributed by atoms with Crippen molar-refractivity contribution < 1.29 is 4.74 Å². The fourth-order valence-electron chi connectivity index (χ4n) is 1.80. The molecule has 0 radical (unpaired) electrons. The van der Waals surface area contributed by atoms with Crippen LogP contribution in [0.25, 0.3) is 0 Å². The van der Waals surface area contributed by atoms with Gasteiger partial charge in [-0.1, -0.05) is 12.1 Å². The monoisotopic (exact) mass is 262 g/mol. The average molecular weight is 262 g/mol. The Kier molecular flexibility index (Phi) is 4.70. The smallest absolute Gasteiger partial charge is 0.132 e. The van der Waals surface area contributed by atoms with E-state index in [1.54, 1.807) is 7.11 Å². The molecule has 0 unspecified atom stereocenters. The lowest BCUT2D eigenvalue weighted by Gasteiger charge is -2.08. The zero-order valence-electron chi connectivity index (χ0n) is 10.8. The van der Waals surface area contributed by atoms with Gasteiger partial charge in [-0.25, -0.2) is 4.98 Å². The van der Waals surface area contributed by atoms with E-state index in [0.29, 0.717) is 0 Å². The molecule has 96 valence electrons. The maximum atomic E-state index is 5.33. The Bertz CT molecular complexity index is 496. The van der Waals surface area contributed by atoms with Gasteiger partial charge in [-0.3, -0.25) is 0 Å². The van der Waals surface area contributed by atoms with Crippen molar-refractivity contribution >= 4 is 11.8 Å². The molecule has 2 rings (SSSR count). The van der Waals surface area contributed by atoms with Crippen molar-refractivity contribution in [2.24, 2.45) is 0 Å². The SMILES string of the molecule is COc1ccccc1SCCCn1ccnc1C. The molecular weight excluding hydrogens is 244 g/mol. The topological polar surface area (TPSA) is 27.1 Å². The van der Waals surface area contributed by atoms with E-state index in [1.807, 2.05) is 49.3 Å². The van der Waals surface area contributed by atoms with Crippen LogP contribution >= 0.6 is 11.8 Å². The maximum Gasteiger partial charge on any atom is 0.132 e. The summed E-state index contributed by atoms with van der Waals surface area (Å²) in [4.78, 5) is 5.43. The van der Waals surface area contributed by atoms with Gasteiger partial charge >= 0.3 is 0 Å². The molecule has 0 amide bonds. The van der Waals surface area contributed by atoms with Crippen molar-refractivity contribution in [3.8, 4) is 5.75 Å². The number of hydrogen-bond acceptors (Lipinski definition) is 3. The number of rotatable bonds is 6. The molecule has 0 N–H and O–H groups in total. The molecule has 0 saturated heterocycles.